The predicted molar refractivity (Wildman–Crippen MR) is 70.7 cm³/mol. The van der Waals surface area contributed by atoms with Crippen molar-refractivity contribution in [2.75, 3.05) is 13.7 Å². The summed E-state index contributed by atoms with van der Waals surface area (Å²) in [6.45, 7) is 6.78. The summed E-state index contributed by atoms with van der Waals surface area (Å²) in [5, 5.41) is 13.4. The molecule has 1 aromatic rings. The van der Waals surface area contributed by atoms with Crippen LogP contribution < -0.4 is 10.1 Å². The molecular formula is C13H20ClNO2. The normalized spacial score (nSPS) is 11.6. The molecule has 17 heavy (non-hydrogen) atoms. The van der Waals surface area contributed by atoms with Gasteiger partial charge in [0.2, 0.25) is 0 Å². The summed E-state index contributed by atoms with van der Waals surface area (Å²) in [5.74, 6) is 0.690. The number of hydrogen-bond acceptors (Lipinski definition) is 3. The lowest BCUT2D eigenvalue weighted by atomic mass is 10.1. The standard InChI is InChI=1S/C13H20ClNO2/c1-9-5-12(17-4)11(14)6-10(9)7-15-8-13(2,3)16/h5-6,15-16H,7-8H2,1-4H3. The number of hydrogen-bond donors (Lipinski definition) is 2. The van der Waals surface area contributed by atoms with Crippen molar-refractivity contribution in [1.82, 2.24) is 5.32 Å². The first kappa shape index (κ1) is 14.3. The largest absolute Gasteiger partial charge is 0.495 e. The number of ether oxygens (including phenoxy) is 1. The Bertz CT molecular complexity index is 386. The quantitative estimate of drug-likeness (QED) is 0.852. The summed E-state index contributed by atoms with van der Waals surface area (Å²) in [6, 6.07) is 3.82. The van der Waals surface area contributed by atoms with E-state index in [2.05, 4.69) is 5.32 Å². The van der Waals surface area contributed by atoms with Gasteiger partial charge in [0.1, 0.15) is 5.75 Å². The smallest absolute Gasteiger partial charge is 0.137 e. The fraction of sp³-hybridized carbons (Fsp3) is 0.538. The van der Waals surface area contributed by atoms with E-state index in [-0.39, 0.29) is 0 Å². The van der Waals surface area contributed by atoms with Crippen molar-refractivity contribution >= 4 is 11.6 Å². The van der Waals surface area contributed by atoms with Gasteiger partial charge in [-0.2, -0.15) is 0 Å². The molecule has 1 aromatic carbocycles. The van der Waals surface area contributed by atoms with Crippen molar-refractivity contribution < 1.29 is 9.84 Å². The Labute approximate surface area is 108 Å². The van der Waals surface area contributed by atoms with Crippen molar-refractivity contribution in [3.05, 3.63) is 28.3 Å². The molecule has 0 radical (unpaired) electrons. The highest BCUT2D eigenvalue weighted by molar-refractivity contribution is 6.32. The van der Waals surface area contributed by atoms with Crippen LogP contribution in [0.1, 0.15) is 25.0 Å². The molecule has 0 heterocycles. The van der Waals surface area contributed by atoms with Crippen LogP contribution in [0.25, 0.3) is 0 Å². The van der Waals surface area contributed by atoms with Gasteiger partial charge in [-0.25, -0.2) is 0 Å². The Hall–Kier alpha value is -0.770. The van der Waals surface area contributed by atoms with Crippen molar-refractivity contribution in [3.63, 3.8) is 0 Å². The van der Waals surface area contributed by atoms with Gasteiger partial charge in [0.25, 0.3) is 0 Å². The maximum absolute atomic E-state index is 9.59. The summed E-state index contributed by atoms with van der Waals surface area (Å²) in [7, 11) is 1.60. The summed E-state index contributed by atoms with van der Waals surface area (Å²) < 4.78 is 5.15. The molecular weight excluding hydrogens is 238 g/mol. The first-order valence-corrected chi connectivity index (χ1v) is 5.97. The van der Waals surface area contributed by atoms with Gasteiger partial charge in [-0.1, -0.05) is 11.6 Å². The fourth-order valence-corrected chi connectivity index (χ4v) is 1.81. The molecule has 0 saturated heterocycles. The summed E-state index contributed by atoms with van der Waals surface area (Å²) in [6.07, 6.45) is 0. The monoisotopic (exact) mass is 257 g/mol. The minimum atomic E-state index is -0.704. The maximum atomic E-state index is 9.59. The van der Waals surface area contributed by atoms with Crippen molar-refractivity contribution in [2.24, 2.45) is 0 Å². The second-order valence-electron chi connectivity index (χ2n) is 4.83. The average Bonchev–Trinajstić information content (AvgIpc) is 2.20. The van der Waals surface area contributed by atoms with Crippen molar-refractivity contribution in [3.8, 4) is 5.75 Å². The average molecular weight is 258 g/mol. The summed E-state index contributed by atoms with van der Waals surface area (Å²) in [4.78, 5) is 0. The Morgan fingerprint density at radius 3 is 2.59 bits per heavy atom. The highest BCUT2D eigenvalue weighted by atomic mass is 35.5. The second kappa shape index (κ2) is 5.71. The molecule has 2 N–H and O–H groups in total. The first-order valence-electron chi connectivity index (χ1n) is 5.59. The van der Waals surface area contributed by atoms with Gasteiger partial charge in [-0.05, 0) is 44.0 Å². The highest BCUT2D eigenvalue weighted by Gasteiger charge is 2.12. The van der Waals surface area contributed by atoms with Crippen LogP contribution in [0.4, 0.5) is 0 Å². The third-order valence-corrected chi connectivity index (χ3v) is 2.78. The molecule has 0 fully saturated rings. The number of halogens is 1. The molecule has 0 atom stereocenters. The lowest BCUT2D eigenvalue weighted by Crippen LogP contribution is -2.34. The lowest BCUT2D eigenvalue weighted by molar-refractivity contribution is 0.0795. The fourth-order valence-electron chi connectivity index (χ4n) is 1.55. The zero-order valence-electron chi connectivity index (χ0n) is 10.8. The van der Waals surface area contributed by atoms with E-state index in [1.54, 1.807) is 21.0 Å². The van der Waals surface area contributed by atoms with Crippen LogP contribution in [0.2, 0.25) is 5.02 Å². The van der Waals surface area contributed by atoms with Crippen molar-refractivity contribution in [1.29, 1.82) is 0 Å². The Balaban J connectivity index is 2.69. The molecule has 0 amide bonds. The predicted octanol–water partition coefficient (Wildman–Crippen LogP) is 2.52. The minimum Gasteiger partial charge on any atom is -0.495 e. The molecule has 0 spiro atoms. The number of nitrogens with one attached hydrogen (secondary N) is 1. The second-order valence-corrected chi connectivity index (χ2v) is 5.24. The molecule has 0 bridgehead atoms. The molecule has 4 heteroatoms. The van der Waals surface area contributed by atoms with E-state index in [1.165, 1.54) is 0 Å². The number of benzene rings is 1. The SMILES string of the molecule is COc1cc(C)c(CNCC(C)(C)O)cc1Cl. The van der Waals surface area contributed by atoms with Gasteiger partial charge in [0.15, 0.2) is 0 Å². The van der Waals surface area contributed by atoms with E-state index >= 15 is 0 Å². The van der Waals surface area contributed by atoms with Crippen molar-refractivity contribution in [2.45, 2.75) is 32.9 Å². The van der Waals surface area contributed by atoms with E-state index in [4.69, 9.17) is 16.3 Å². The van der Waals surface area contributed by atoms with Crippen LogP contribution in [0.15, 0.2) is 12.1 Å². The Morgan fingerprint density at radius 1 is 1.41 bits per heavy atom. The van der Waals surface area contributed by atoms with Crippen LogP contribution >= 0.6 is 11.6 Å². The van der Waals surface area contributed by atoms with E-state index in [1.807, 2.05) is 19.1 Å². The Morgan fingerprint density at radius 2 is 2.06 bits per heavy atom. The topological polar surface area (TPSA) is 41.5 Å². The number of aryl methyl sites for hydroxylation is 1. The zero-order valence-corrected chi connectivity index (χ0v) is 11.6. The van der Waals surface area contributed by atoms with Gasteiger partial charge in [-0.15, -0.1) is 0 Å². The van der Waals surface area contributed by atoms with Gasteiger partial charge in [-0.3, -0.25) is 0 Å². The van der Waals surface area contributed by atoms with Crippen LogP contribution in [-0.4, -0.2) is 24.4 Å². The zero-order chi connectivity index (χ0) is 13.1. The van der Waals surface area contributed by atoms with Gasteiger partial charge >= 0.3 is 0 Å². The molecule has 0 aliphatic carbocycles. The highest BCUT2D eigenvalue weighted by Crippen LogP contribution is 2.27. The molecule has 0 saturated carbocycles. The van der Waals surface area contributed by atoms with Gasteiger partial charge in [0.05, 0.1) is 17.7 Å². The van der Waals surface area contributed by atoms with Crippen LogP contribution in [0, 0.1) is 6.92 Å². The van der Waals surface area contributed by atoms with E-state index in [9.17, 15) is 5.11 Å². The lowest BCUT2D eigenvalue weighted by Gasteiger charge is -2.18. The first-order chi connectivity index (χ1) is 7.83. The van der Waals surface area contributed by atoms with Crippen LogP contribution in [0.5, 0.6) is 5.75 Å². The van der Waals surface area contributed by atoms with Gasteiger partial charge < -0.3 is 15.2 Å². The Kier molecular flexibility index (Phi) is 4.80. The molecule has 1 rings (SSSR count). The molecule has 96 valence electrons. The molecule has 0 aliphatic heterocycles. The van der Waals surface area contributed by atoms with Crippen LogP contribution in [0.3, 0.4) is 0 Å². The van der Waals surface area contributed by atoms with E-state index in [0.717, 1.165) is 11.1 Å². The number of methoxy groups -OCH3 is 1. The third kappa shape index (κ3) is 4.54. The van der Waals surface area contributed by atoms with Gasteiger partial charge in [0, 0.05) is 13.1 Å². The maximum Gasteiger partial charge on any atom is 0.137 e. The molecule has 0 aromatic heterocycles. The molecule has 0 aliphatic rings. The molecule has 3 nitrogen and oxygen atoms in total. The summed E-state index contributed by atoms with van der Waals surface area (Å²) >= 11 is 6.07. The molecule has 0 unspecified atom stereocenters. The third-order valence-electron chi connectivity index (χ3n) is 2.48. The van der Waals surface area contributed by atoms with Crippen LogP contribution in [-0.2, 0) is 6.54 Å². The summed E-state index contributed by atoms with van der Waals surface area (Å²) in [5.41, 5.74) is 1.53. The van der Waals surface area contributed by atoms with E-state index < -0.39 is 5.60 Å². The van der Waals surface area contributed by atoms with E-state index in [0.29, 0.717) is 23.9 Å². The number of rotatable bonds is 5. The minimum absolute atomic E-state index is 0.538. The number of aliphatic hydroxyl groups is 1.